The smallest absolute Gasteiger partial charge is 0.300 e. The van der Waals surface area contributed by atoms with Gasteiger partial charge in [0.05, 0.1) is 35.6 Å². The Kier molecular flexibility index (Phi) is 5.99. The summed E-state index contributed by atoms with van der Waals surface area (Å²) >= 11 is 9.62. The summed E-state index contributed by atoms with van der Waals surface area (Å²) in [4.78, 5) is 27.4. The number of furan rings is 1. The molecule has 1 fully saturated rings. The fraction of sp³-hybridized carbons (Fsp3) is 0.130. The third-order valence-electron chi connectivity index (χ3n) is 5.10. The van der Waals surface area contributed by atoms with Crippen molar-refractivity contribution in [2.75, 3.05) is 19.1 Å². The molecule has 0 bridgehead atoms. The summed E-state index contributed by atoms with van der Waals surface area (Å²) in [6, 6.07) is 11.8. The maximum absolute atomic E-state index is 13.1. The van der Waals surface area contributed by atoms with Gasteiger partial charge in [0.2, 0.25) is 0 Å². The number of halogens is 2. The molecule has 1 aliphatic heterocycles. The summed E-state index contributed by atoms with van der Waals surface area (Å²) in [5.41, 5.74) is 0.586. The van der Waals surface area contributed by atoms with E-state index in [9.17, 15) is 14.7 Å². The fourth-order valence-corrected chi connectivity index (χ4v) is 4.38. The molecule has 164 valence electrons. The molecule has 2 heterocycles. The zero-order valence-corrected chi connectivity index (χ0v) is 19.3. The van der Waals surface area contributed by atoms with Crippen LogP contribution < -0.4 is 14.4 Å². The number of carbonyl (C=O) groups excluding carboxylic acids is 2. The van der Waals surface area contributed by atoms with Crippen LogP contribution in [0.1, 0.15) is 17.4 Å². The van der Waals surface area contributed by atoms with Crippen LogP contribution in [0, 0.1) is 0 Å². The van der Waals surface area contributed by atoms with E-state index in [1.165, 1.54) is 31.4 Å². The third-order valence-corrected chi connectivity index (χ3v) is 6.01. The maximum atomic E-state index is 13.1. The summed E-state index contributed by atoms with van der Waals surface area (Å²) in [6.07, 6.45) is 1.43. The first-order chi connectivity index (χ1) is 15.4. The minimum atomic E-state index is -0.990. The van der Waals surface area contributed by atoms with Crippen LogP contribution in [0.4, 0.5) is 5.69 Å². The van der Waals surface area contributed by atoms with Gasteiger partial charge in [-0.05, 0) is 64.5 Å². The van der Waals surface area contributed by atoms with Crippen LogP contribution in [0.3, 0.4) is 0 Å². The molecule has 1 aliphatic rings. The SMILES string of the molecule is COc1ccc(N2C(=O)C(=O)/C(=C(\O)c3ccc(OC)c(Br)c3)C2c2ccco2)cc1Cl. The highest BCUT2D eigenvalue weighted by Gasteiger charge is 2.48. The number of hydrogen-bond donors (Lipinski definition) is 1. The van der Waals surface area contributed by atoms with Crippen LogP contribution in [0.5, 0.6) is 11.5 Å². The Morgan fingerprint density at radius 3 is 2.41 bits per heavy atom. The Balaban J connectivity index is 1.90. The number of anilines is 1. The molecule has 4 rings (SSSR count). The highest BCUT2D eigenvalue weighted by atomic mass is 79.9. The number of rotatable bonds is 5. The van der Waals surface area contributed by atoms with Crippen LogP contribution in [0.2, 0.25) is 5.02 Å². The molecule has 0 aliphatic carbocycles. The standard InChI is InChI=1S/C23H17BrClNO6/c1-30-16-7-5-12(10-14(16)24)21(27)19-20(18-4-3-9-32-18)26(23(29)22(19)28)13-6-8-17(31-2)15(25)11-13/h3-11,20,27H,1-2H3/b21-19-. The van der Waals surface area contributed by atoms with Crippen LogP contribution >= 0.6 is 27.5 Å². The van der Waals surface area contributed by atoms with E-state index in [4.69, 9.17) is 25.5 Å². The molecule has 0 radical (unpaired) electrons. The van der Waals surface area contributed by atoms with Crippen molar-refractivity contribution in [1.29, 1.82) is 0 Å². The van der Waals surface area contributed by atoms with Crippen molar-refractivity contribution in [2.45, 2.75) is 6.04 Å². The Labute approximate surface area is 196 Å². The monoisotopic (exact) mass is 517 g/mol. The van der Waals surface area contributed by atoms with Crippen molar-refractivity contribution < 1.29 is 28.6 Å². The van der Waals surface area contributed by atoms with Gasteiger partial charge in [-0.1, -0.05) is 11.6 Å². The molecule has 0 saturated carbocycles. The Bertz CT molecular complexity index is 1240. The topological polar surface area (TPSA) is 89.2 Å². The van der Waals surface area contributed by atoms with Gasteiger partial charge < -0.3 is 19.0 Å². The second kappa shape index (κ2) is 8.72. The molecule has 1 N–H and O–H groups in total. The summed E-state index contributed by atoms with van der Waals surface area (Å²) in [5, 5.41) is 11.4. The quantitative estimate of drug-likeness (QED) is 0.279. The molecule has 0 spiro atoms. The van der Waals surface area contributed by atoms with E-state index < -0.39 is 17.7 Å². The number of benzene rings is 2. The van der Waals surface area contributed by atoms with Gasteiger partial charge in [0.1, 0.15) is 29.1 Å². The number of ketones is 1. The number of nitrogens with zero attached hydrogens (tertiary/aromatic N) is 1. The van der Waals surface area contributed by atoms with Crippen LogP contribution in [-0.4, -0.2) is 31.0 Å². The average molecular weight is 519 g/mol. The number of aliphatic hydroxyl groups is 1. The van der Waals surface area contributed by atoms with E-state index >= 15 is 0 Å². The van der Waals surface area contributed by atoms with E-state index in [1.54, 1.807) is 42.5 Å². The van der Waals surface area contributed by atoms with Gasteiger partial charge in [-0.2, -0.15) is 0 Å². The summed E-state index contributed by atoms with van der Waals surface area (Å²) in [6.45, 7) is 0. The normalized spacial score (nSPS) is 17.6. The lowest BCUT2D eigenvalue weighted by Gasteiger charge is -2.24. The highest BCUT2D eigenvalue weighted by Crippen LogP contribution is 2.44. The molecule has 1 amide bonds. The fourth-order valence-electron chi connectivity index (χ4n) is 3.59. The molecule has 1 saturated heterocycles. The lowest BCUT2D eigenvalue weighted by molar-refractivity contribution is -0.132. The highest BCUT2D eigenvalue weighted by molar-refractivity contribution is 9.10. The van der Waals surface area contributed by atoms with Crippen molar-refractivity contribution in [3.63, 3.8) is 0 Å². The number of Topliss-reactive ketones (excluding diaryl/α,β-unsaturated/α-hetero) is 1. The number of aliphatic hydroxyl groups excluding tert-OH is 1. The zero-order valence-electron chi connectivity index (χ0n) is 17.0. The third kappa shape index (κ3) is 3.65. The van der Waals surface area contributed by atoms with E-state index in [-0.39, 0.29) is 16.4 Å². The van der Waals surface area contributed by atoms with E-state index in [0.717, 1.165) is 0 Å². The molecule has 3 aromatic rings. The number of ether oxygens (including phenoxy) is 2. The predicted molar refractivity (Wildman–Crippen MR) is 122 cm³/mol. The van der Waals surface area contributed by atoms with Gasteiger partial charge in [0.25, 0.3) is 11.7 Å². The predicted octanol–water partition coefficient (Wildman–Crippen LogP) is 5.34. The molecule has 1 unspecified atom stereocenters. The molecular weight excluding hydrogens is 502 g/mol. The van der Waals surface area contributed by atoms with Crippen molar-refractivity contribution in [3.05, 3.63) is 81.2 Å². The van der Waals surface area contributed by atoms with Crippen molar-refractivity contribution in [1.82, 2.24) is 0 Å². The molecule has 32 heavy (non-hydrogen) atoms. The van der Waals surface area contributed by atoms with Gasteiger partial charge in [0, 0.05) is 11.3 Å². The molecule has 7 nitrogen and oxygen atoms in total. The second-order valence-electron chi connectivity index (χ2n) is 6.85. The Hall–Kier alpha value is -3.23. The second-order valence-corrected chi connectivity index (χ2v) is 8.11. The van der Waals surface area contributed by atoms with Crippen LogP contribution in [0.25, 0.3) is 5.76 Å². The number of amides is 1. The first-order valence-corrected chi connectivity index (χ1v) is 10.6. The lowest BCUT2D eigenvalue weighted by atomic mass is 9.99. The summed E-state index contributed by atoms with van der Waals surface area (Å²) in [7, 11) is 2.99. The number of carbonyl (C=O) groups is 2. The Morgan fingerprint density at radius 2 is 1.81 bits per heavy atom. The molecular formula is C23H17BrClNO6. The lowest BCUT2D eigenvalue weighted by Crippen LogP contribution is -2.29. The van der Waals surface area contributed by atoms with Gasteiger partial charge in [0.15, 0.2) is 0 Å². The van der Waals surface area contributed by atoms with Gasteiger partial charge in [-0.3, -0.25) is 14.5 Å². The van der Waals surface area contributed by atoms with Crippen LogP contribution in [0.15, 0.2) is 69.3 Å². The minimum absolute atomic E-state index is 0.103. The molecule has 2 aromatic carbocycles. The number of hydrogen-bond acceptors (Lipinski definition) is 6. The van der Waals surface area contributed by atoms with E-state index in [0.29, 0.717) is 33.0 Å². The van der Waals surface area contributed by atoms with Crippen molar-refractivity contribution >= 4 is 50.7 Å². The molecule has 1 atom stereocenters. The molecule has 1 aromatic heterocycles. The first-order valence-electron chi connectivity index (χ1n) is 9.39. The largest absolute Gasteiger partial charge is 0.507 e. The van der Waals surface area contributed by atoms with Gasteiger partial charge in [-0.25, -0.2) is 0 Å². The first kappa shape index (κ1) is 22.0. The minimum Gasteiger partial charge on any atom is -0.507 e. The zero-order chi connectivity index (χ0) is 23.0. The van der Waals surface area contributed by atoms with Crippen LogP contribution in [-0.2, 0) is 9.59 Å². The van der Waals surface area contributed by atoms with E-state index in [1.807, 2.05) is 0 Å². The van der Waals surface area contributed by atoms with Crippen molar-refractivity contribution in [3.8, 4) is 11.5 Å². The van der Waals surface area contributed by atoms with Gasteiger partial charge in [-0.15, -0.1) is 0 Å². The summed E-state index contributed by atoms with van der Waals surface area (Å²) < 4.78 is 16.5. The Morgan fingerprint density at radius 1 is 1.09 bits per heavy atom. The van der Waals surface area contributed by atoms with E-state index in [2.05, 4.69) is 15.9 Å². The number of methoxy groups -OCH3 is 2. The maximum Gasteiger partial charge on any atom is 0.300 e. The molecule has 9 heteroatoms. The van der Waals surface area contributed by atoms with Crippen molar-refractivity contribution in [2.24, 2.45) is 0 Å². The average Bonchev–Trinajstić information content (AvgIpc) is 3.40. The van der Waals surface area contributed by atoms with Gasteiger partial charge >= 0.3 is 0 Å². The summed E-state index contributed by atoms with van der Waals surface area (Å²) in [5.74, 6) is -0.716.